The molecule has 3 rings (SSSR count). The van der Waals surface area contributed by atoms with E-state index >= 15 is 0 Å². The summed E-state index contributed by atoms with van der Waals surface area (Å²) < 4.78 is 20.5. The van der Waals surface area contributed by atoms with Gasteiger partial charge in [0.2, 0.25) is 0 Å². The highest BCUT2D eigenvalue weighted by Crippen LogP contribution is 2.23. The SMILES string of the molecule is Cc1nc2cc(NC(=O)COc3cccc(F)c3)ccc2n1C(C)C. The maximum absolute atomic E-state index is 13.1. The number of nitrogens with one attached hydrogen (secondary N) is 1. The molecule has 1 amide bonds. The van der Waals surface area contributed by atoms with E-state index in [1.165, 1.54) is 18.2 Å². The number of fused-ring (bicyclic) bond motifs is 1. The minimum absolute atomic E-state index is 0.193. The van der Waals surface area contributed by atoms with Crippen molar-refractivity contribution in [3.05, 3.63) is 54.1 Å². The molecule has 1 heterocycles. The second-order valence-corrected chi connectivity index (χ2v) is 6.12. The predicted octanol–water partition coefficient (Wildman–Crippen LogP) is 4.08. The maximum Gasteiger partial charge on any atom is 0.262 e. The molecule has 25 heavy (non-hydrogen) atoms. The molecule has 1 aromatic heterocycles. The number of anilines is 1. The summed E-state index contributed by atoms with van der Waals surface area (Å²) in [7, 11) is 0. The van der Waals surface area contributed by atoms with Gasteiger partial charge in [-0.15, -0.1) is 0 Å². The van der Waals surface area contributed by atoms with Gasteiger partial charge in [0.15, 0.2) is 6.61 Å². The molecule has 0 unspecified atom stereocenters. The zero-order valence-corrected chi connectivity index (χ0v) is 14.4. The predicted molar refractivity (Wildman–Crippen MR) is 95.4 cm³/mol. The lowest BCUT2D eigenvalue weighted by Gasteiger charge is -2.11. The van der Waals surface area contributed by atoms with Gasteiger partial charge in [-0.2, -0.15) is 0 Å². The van der Waals surface area contributed by atoms with Crippen LogP contribution in [0.2, 0.25) is 0 Å². The third-order valence-electron chi connectivity index (χ3n) is 3.83. The van der Waals surface area contributed by atoms with Crippen molar-refractivity contribution in [3.8, 4) is 5.75 Å². The molecular weight excluding hydrogens is 321 g/mol. The lowest BCUT2D eigenvalue weighted by molar-refractivity contribution is -0.118. The fourth-order valence-electron chi connectivity index (χ4n) is 2.85. The van der Waals surface area contributed by atoms with Crippen molar-refractivity contribution in [1.82, 2.24) is 9.55 Å². The number of rotatable bonds is 5. The van der Waals surface area contributed by atoms with E-state index in [2.05, 4.69) is 28.7 Å². The zero-order chi connectivity index (χ0) is 18.0. The van der Waals surface area contributed by atoms with Crippen molar-refractivity contribution in [2.75, 3.05) is 11.9 Å². The number of hydrogen-bond acceptors (Lipinski definition) is 3. The zero-order valence-electron chi connectivity index (χ0n) is 14.4. The molecule has 0 aliphatic heterocycles. The minimum atomic E-state index is -0.403. The standard InChI is InChI=1S/C19H20FN3O2/c1-12(2)23-13(3)21-17-10-15(7-8-18(17)23)22-19(24)11-25-16-6-4-5-14(20)9-16/h4-10,12H,11H2,1-3H3,(H,22,24). The van der Waals surface area contributed by atoms with Gasteiger partial charge in [-0.05, 0) is 51.1 Å². The van der Waals surface area contributed by atoms with E-state index in [9.17, 15) is 9.18 Å². The van der Waals surface area contributed by atoms with E-state index in [0.717, 1.165) is 16.9 Å². The van der Waals surface area contributed by atoms with Crippen molar-refractivity contribution in [1.29, 1.82) is 0 Å². The molecule has 0 aliphatic rings. The highest BCUT2D eigenvalue weighted by Gasteiger charge is 2.11. The van der Waals surface area contributed by atoms with Crippen molar-refractivity contribution in [2.24, 2.45) is 0 Å². The molecule has 0 atom stereocenters. The van der Waals surface area contributed by atoms with Gasteiger partial charge in [-0.25, -0.2) is 9.37 Å². The Morgan fingerprint density at radius 1 is 1.28 bits per heavy atom. The largest absolute Gasteiger partial charge is 0.484 e. The van der Waals surface area contributed by atoms with E-state index in [1.807, 2.05) is 25.1 Å². The summed E-state index contributed by atoms with van der Waals surface area (Å²) in [4.78, 5) is 16.6. The molecule has 0 radical (unpaired) electrons. The third kappa shape index (κ3) is 3.79. The van der Waals surface area contributed by atoms with Crippen LogP contribution in [0.1, 0.15) is 25.7 Å². The Morgan fingerprint density at radius 3 is 2.80 bits per heavy atom. The number of nitrogens with zero attached hydrogens (tertiary/aromatic N) is 2. The second kappa shape index (κ2) is 6.93. The molecule has 0 fully saturated rings. The molecule has 130 valence electrons. The number of aromatic nitrogens is 2. The summed E-state index contributed by atoms with van der Waals surface area (Å²) in [5.41, 5.74) is 2.50. The van der Waals surface area contributed by atoms with Crippen LogP contribution in [0.5, 0.6) is 5.75 Å². The van der Waals surface area contributed by atoms with Crippen LogP contribution in [0.4, 0.5) is 10.1 Å². The number of amides is 1. The molecule has 0 spiro atoms. The smallest absolute Gasteiger partial charge is 0.262 e. The number of carbonyl (C=O) groups excluding carboxylic acids is 1. The van der Waals surface area contributed by atoms with Crippen LogP contribution in [0.15, 0.2) is 42.5 Å². The van der Waals surface area contributed by atoms with Gasteiger partial charge in [0.05, 0.1) is 11.0 Å². The van der Waals surface area contributed by atoms with Crippen LogP contribution < -0.4 is 10.1 Å². The number of aryl methyl sites for hydroxylation is 1. The molecule has 6 heteroatoms. The van der Waals surface area contributed by atoms with E-state index < -0.39 is 5.82 Å². The van der Waals surface area contributed by atoms with Crippen LogP contribution >= 0.6 is 0 Å². The van der Waals surface area contributed by atoms with Gasteiger partial charge in [0.1, 0.15) is 17.4 Å². The average Bonchev–Trinajstić information content (AvgIpc) is 2.88. The molecule has 1 N–H and O–H groups in total. The normalized spacial score (nSPS) is 11.1. The first-order chi connectivity index (χ1) is 11.9. The van der Waals surface area contributed by atoms with Gasteiger partial charge in [0, 0.05) is 17.8 Å². The Labute approximate surface area is 145 Å². The molecule has 0 saturated heterocycles. The first kappa shape index (κ1) is 17.0. The van der Waals surface area contributed by atoms with Gasteiger partial charge in [-0.3, -0.25) is 4.79 Å². The van der Waals surface area contributed by atoms with Crippen LogP contribution in [0.25, 0.3) is 11.0 Å². The first-order valence-corrected chi connectivity index (χ1v) is 8.11. The Morgan fingerprint density at radius 2 is 2.08 bits per heavy atom. The molecule has 0 bridgehead atoms. The number of hydrogen-bond donors (Lipinski definition) is 1. The van der Waals surface area contributed by atoms with E-state index in [0.29, 0.717) is 17.5 Å². The lowest BCUT2D eigenvalue weighted by atomic mass is 10.2. The highest BCUT2D eigenvalue weighted by molar-refractivity contribution is 5.94. The summed E-state index contributed by atoms with van der Waals surface area (Å²) in [6.45, 7) is 5.98. The van der Waals surface area contributed by atoms with E-state index in [4.69, 9.17) is 4.74 Å². The summed E-state index contributed by atoms with van der Waals surface area (Å²) in [5, 5.41) is 2.77. The molecule has 3 aromatic rings. The number of benzene rings is 2. The number of ether oxygens (including phenoxy) is 1. The molecular formula is C19H20FN3O2. The van der Waals surface area contributed by atoms with Gasteiger partial charge in [0.25, 0.3) is 5.91 Å². The van der Waals surface area contributed by atoms with Crippen LogP contribution in [-0.4, -0.2) is 22.1 Å². The van der Waals surface area contributed by atoms with E-state index in [-0.39, 0.29) is 12.5 Å². The number of halogens is 1. The molecule has 5 nitrogen and oxygen atoms in total. The minimum Gasteiger partial charge on any atom is -0.484 e. The quantitative estimate of drug-likeness (QED) is 0.761. The highest BCUT2D eigenvalue weighted by atomic mass is 19.1. The topological polar surface area (TPSA) is 56.1 Å². The summed E-state index contributed by atoms with van der Waals surface area (Å²) in [6.07, 6.45) is 0. The Kier molecular flexibility index (Phi) is 4.70. The van der Waals surface area contributed by atoms with Crippen molar-refractivity contribution in [3.63, 3.8) is 0 Å². The second-order valence-electron chi connectivity index (χ2n) is 6.12. The molecule has 2 aromatic carbocycles. The Bertz CT molecular complexity index is 918. The lowest BCUT2D eigenvalue weighted by Crippen LogP contribution is -2.20. The Balaban J connectivity index is 1.69. The summed E-state index contributed by atoms with van der Waals surface area (Å²) in [6, 6.07) is 11.6. The number of imidazole rings is 1. The summed E-state index contributed by atoms with van der Waals surface area (Å²) in [5.74, 6) is 0.530. The third-order valence-corrected chi connectivity index (χ3v) is 3.83. The van der Waals surface area contributed by atoms with Crippen LogP contribution in [0.3, 0.4) is 0 Å². The molecule has 0 aliphatic carbocycles. The van der Waals surface area contributed by atoms with Crippen molar-refractivity contribution < 1.29 is 13.9 Å². The first-order valence-electron chi connectivity index (χ1n) is 8.11. The van der Waals surface area contributed by atoms with Gasteiger partial charge in [-0.1, -0.05) is 6.07 Å². The molecule has 0 saturated carbocycles. The van der Waals surface area contributed by atoms with E-state index in [1.54, 1.807) is 6.07 Å². The maximum atomic E-state index is 13.1. The van der Waals surface area contributed by atoms with Crippen molar-refractivity contribution >= 4 is 22.6 Å². The monoisotopic (exact) mass is 341 g/mol. The van der Waals surface area contributed by atoms with Crippen LogP contribution in [0, 0.1) is 12.7 Å². The van der Waals surface area contributed by atoms with Gasteiger partial charge >= 0.3 is 0 Å². The average molecular weight is 341 g/mol. The summed E-state index contributed by atoms with van der Waals surface area (Å²) >= 11 is 0. The van der Waals surface area contributed by atoms with Crippen molar-refractivity contribution in [2.45, 2.75) is 26.8 Å². The fraction of sp³-hybridized carbons (Fsp3) is 0.263. The van der Waals surface area contributed by atoms with Gasteiger partial charge < -0.3 is 14.6 Å². The number of carbonyl (C=O) groups is 1. The fourth-order valence-corrected chi connectivity index (χ4v) is 2.85. The Hall–Kier alpha value is -2.89. The van der Waals surface area contributed by atoms with Crippen LogP contribution in [-0.2, 0) is 4.79 Å².